The minimum absolute atomic E-state index is 0.0726. The van der Waals surface area contributed by atoms with Crippen LogP contribution in [0.5, 0.6) is 0 Å². The second-order valence-corrected chi connectivity index (χ2v) is 10.1. The van der Waals surface area contributed by atoms with E-state index < -0.39 is 5.97 Å². The summed E-state index contributed by atoms with van der Waals surface area (Å²) in [5.41, 5.74) is 2.38. The predicted molar refractivity (Wildman–Crippen MR) is 145 cm³/mol. The molecule has 0 aromatic heterocycles. The van der Waals surface area contributed by atoms with Crippen molar-refractivity contribution in [3.05, 3.63) is 94.5 Å². The van der Waals surface area contributed by atoms with E-state index in [1.54, 1.807) is 12.1 Å². The monoisotopic (exact) mass is 520 g/mol. The van der Waals surface area contributed by atoms with E-state index in [0.717, 1.165) is 36.9 Å². The molecule has 2 amide bonds. The Hall–Kier alpha value is -3.38. The third kappa shape index (κ3) is 6.31. The van der Waals surface area contributed by atoms with Crippen LogP contribution in [0.15, 0.2) is 72.8 Å². The van der Waals surface area contributed by atoms with Crippen LogP contribution in [0.3, 0.4) is 0 Å². The van der Waals surface area contributed by atoms with Gasteiger partial charge in [0.1, 0.15) is 0 Å². The summed E-state index contributed by atoms with van der Waals surface area (Å²) < 4.78 is 0. The number of rotatable bonds is 10. The van der Waals surface area contributed by atoms with Crippen LogP contribution in [0, 0.1) is 5.92 Å². The van der Waals surface area contributed by atoms with Gasteiger partial charge < -0.3 is 15.3 Å². The lowest BCUT2D eigenvalue weighted by molar-refractivity contribution is -0.137. The van der Waals surface area contributed by atoms with E-state index in [-0.39, 0.29) is 42.7 Å². The van der Waals surface area contributed by atoms with E-state index in [0.29, 0.717) is 16.5 Å². The number of carbonyl (C=O) groups is 3. The van der Waals surface area contributed by atoms with Gasteiger partial charge in [-0.05, 0) is 54.2 Å². The Bertz CT molecular complexity index is 1170. The SMILES string of the molecule is CCCC(c1ccc(C(=O)NCCC(=O)O)cc1)C(C(=O)N1CCC2C=CC=CC21)c1ccc(Cl)cc1. The molecule has 1 aliphatic carbocycles. The Labute approximate surface area is 223 Å². The number of hydrogen-bond donors (Lipinski definition) is 2. The first-order valence-electron chi connectivity index (χ1n) is 12.9. The average Bonchev–Trinajstić information content (AvgIpc) is 3.33. The van der Waals surface area contributed by atoms with Gasteiger partial charge in [-0.15, -0.1) is 0 Å². The van der Waals surface area contributed by atoms with Gasteiger partial charge in [0.05, 0.1) is 18.4 Å². The fourth-order valence-corrected chi connectivity index (χ4v) is 5.56. The van der Waals surface area contributed by atoms with Crippen LogP contribution in [0.4, 0.5) is 0 Å². The van der Waals surface area contributed by atoms with Gasteiger partial charge in [-0.1, -0.05) is 73.5 Å². The van der Waals surface area contributed by atoms with Crippen LogP contribution < -0.4 is 5.32 Å². The highest BCUT2D eigenvalue weighted by molar-refractivity contribution is 6.30. The summed E-state index contributed by atoms with van der Waals surface area (Å²) in [6.45, 7) is 2.91. The molecule has 2 N–H and O–H groups in total. The second kappa shape index (κ2) is 12.2. The van der Waals surface area contributed by atoms with Gasteiger partial charge >= 0.3 is 5.97 Å². The average molecular weight is 521 g/mol. The van der Waals surface area contributed by atoms with Crippen molar-refractivity contribution in [1.29, 1.82) is 0 Å². The Morgan fingerprint density at radius 2 is 1.70 bits per heavy atom. The molecule has 1 heterocycles. The Morgan fingerprint density at radius 1 is 1.03 bits per heavy atom. The van der Waals surface area contributed by atoms with E-state index in [1.807, 2.05) is 47.4 Å². The maximum atomic E-state index is 14.2. The highest BCUT2D eigenvalue weighted by atomic mass is 35.5. The minimum Gasteiger partial charge on any atom is -0.481 e. The van der Waals surface area contributed by atoms with E-state index in [4.69, 9.17) is 16.7 Å². The molecule has 2 aliphatic rings. The van der Waals surface area contributed by atoms with Gasteiger partial charge in [0, 0.05) is 29.6 Å². The highest BCUT2D eigenvalue weighted by Crippen LogP contribution is 2.41. The number of halogens is 1. The summed E-state index contributed by atoms with van der Waals surface area (Å²) in [5, 5.41) is 12.1. The molecule has 2 aromatic carbocycles. The number of hydrogen-bond acceptors (Lipinski definition) is 3. The molecule has 4 rings (SSSR count). The molecule has 4 unspecified atom stereocenters. The third-order valence-corrected chi connectivity index (χ3v) is 7.54. The fraction of sp³-hybridized carbons (Fsp3) is 0.367. The van der Waals surface area contributed by atoms with Crippen LogP contribution in [0.25, 0.3) is 0 Å². The Kier molecular flexibility index (Phi) is 8.82. The van der Waals surface area contributed by atoms with Crippen LogP contribution in [-0.2, 0) is 9.59 Å². The molecule has 1 aliphatic heterocycles. The van der Waals surface area contributed by atoms with Crippen molar-refractivity contribution in [1.82, 2.24) is 10.2 Å². The highest BCUT2D eigenvalue weighted by Gasteiger charge is 2.40. The molecule has 7 heteroatoms. The van der Waals surface area contributed by atoms with Crippen molar-refractivity contribution in [2.24, 2.45) is 5.92 Å². The summed E-state index contributed by atoms with van der Waals surface area (Å²) >= 11 is 6.19. The lowest BCUT2D eigenvalue weighted by atomic mass is 9.77. The number of nitrogens with zero attached hydrogens (tertiary/aromatic N) is 1. The molecule has 37 heavy (non-hydrogen) atoms. The van der Waals surface area contributed by atoms with Gasteiger partial charge in [0.2, 0.25) is 5.91 Å². The maximum Gasteiger partial charge on any atom is 0.305 e. The quantitative estimate of drug-likeness (QED) is 0.429. The van der Waals surface area contributed by atoms with Gasteiger partial charge in [-0.25, -0.2) is 0 Å². The zero-order valence-corrected chi connectivity index (χ0v) is 21.7. The van der Waals surface area contributed by atoms with Crippen LogP contribution in [0.1, 0.15) is 65.9 Å². The second-order valence-electron chi connectivity index (χ2n) is 9.69. The molecule has 0 saturated carbocycles. The number of allylic oxidation sites excluding steroid dienone is 2. The topological polar surface area (TPSA) is 86.7 Å². The molecule has 0 bridgehead atoms. The number of carboxylic acid groups (broad SMARTS) is 1. The number of carboxylic acids is 1. The van der Waals surface area contributed by atoms with Gasteiger partial charge in [0.25, 0.3) is 5.91 Å². The van der Waals surface area contributed by atoms with Crippen LogP contribution in [0.2, 0.25) is 5.02 Å². The molecular formula is C30H33ClN2O4. The zero-order valence-electron chi connectivity index (χ0n) is 21.0. The first-order valence-corrected chi connectivity index (χ1v) is 13.3. The summed E-state index contributed by atoms with van der Waals surface area (Å²) in [4.78, 5) is 39.4. The number of fused-ring (bicyclic) bond motifs is 1. The molecule has 1 saturated heterocycles. The molecular weight excluding hydrogens is 488 g/mol. The maximum absolute atomic E-state index is 14.2. The first kappa shape index (κ1) is 26.7. The fourth-order valence-electron chi connectivity index (χ4n) is 5.44. The van der Waals surface area contributed by atoms with Crippen molar-refractivity contribution in [2.75, 3.05) is 13.1 Å². The summed E-state index contributed by atoms with van der Waals surface area (Å²) in [6.07, 6.45) is 10.9. The Balaban J connectivity index is 1.63. The number of amides is 2. The first-order chi connectivity index (χ1) is 17.9. The zero-order chi connectivity index (χ0) is 26.4. The normalized spacial score (nSPS) is 19.8. The number of likely N-dealkylation sites (tertiary alicyclic amines) is 1. The van der Waals surface area contributed by atoms with Crippen molar-refractivity contribution in [3.63, 3.8) is 0 Å². The van der Waals surface area contributed by atoms with E-state index in [9.17, 15) is 14.4 Å². The summed E-state index contributed by atoms with van der Waals surface area (Å²) in [5.74, 6) is -1.27. The smallest absolute Gasteiger partial charge is 0.305 e. The Morgan fingerprint density at radius 3 is 2.38 bits per heavy atom. The molecule has 6 nitrogen and oxygen atoms in total. The number of benzene rings is 2. The van der Waals surface area contributed by atoms with Crippen LogP contribution in [-0.4, -0.2) is 46.9 Å². The van der Waals surface area contributed by atoms with Crippen molar-refractivity contribution in [2.45, 2.75) is 50.5 Å². The summed E-state index contributed by atoms with van der Waals surface area (Å²) in [7, 11) is 0. The number of carbonyl (C=O) groups excluding carboxylic acids is 2. The molecule has 0 radical (unpaired) electrons. The lowest BCUT2D eigenvalue weighted by Gasteiger charge is -2.34. The van der Waals surface area contributed by atoms with Crippen molar-refractivity contribution >= 4 is 29.4 Å². The third-order valence-electron chi connectivity index (χ3n) is 7.29. The van der Waals surface area contributed by atoms with Gasteiger partial charge in [-0.3, -0.25) is 14.4 Å². The molecule has 194 valence electrons. The lowest BCUT2D eigenvalue weighted by Crippen LogP contribution is -2.41. The number of nitrogens with one attached hydrogen (secondary N) is 1. The largest absolute Gasteiger partial charge is 0.481 e. The molecule has 1 fully saturated rings. The molecule has 4 atom stereocenters. The van der Waals surface area contributed by atoms with E-state index in [1.165, 1.54) is 0 Å². The van der Waals surface area contributed by atoms with Crippen molar-refractivity contribution < 1.29 is 19.5 Å². The molecule has 2 aromatic rings. The minimum atomic E-state index is -0.958. The standard InChI is InChI=1S/C30H33ClN2O4/c1-2-5-25(20-8-10-23(11-9-20)29(36)32-18-16-27(34)35)28(22-12-14-24(31)15-13-22)30(37)33-19-17-21-6-3-4-7-26(21)33/h3-4,6-15,21,25-26,28H,2,5,16-19H2,1H3,(H,32,36)(H,34,35). The van der Waals surface area contributed by atoms with E-state index >= 15 is 0 Å². The van der Waals surface area contributed by atoms with Crippen molar-refractivity contribution in [3.8, 4) is 0 Å². The predicted octanol–water partition coefficient (Wildman–Crippen LogP) is 5.56. The summed E-state index contributed by atoms with van der Waals surface area (Å²) in [6, 6.07) is 15.0. The van der Waals surface area contributed by atoms with E-state index in [2.05, 4.69) is 30.5 Å². The van der Waals surface area contributed by atoms with Gasteiger partial charge in [0.15, 0.2) is 0 Å². The number of aliphatic carboxylic acids is 1. The van der Waals surface area contributed by atoms with Gasteiger partial charge in [-0.2, -0.15) is 0 Å². The molecule has 0 spiro atoms. The van der Waals surface area contributed by atoms with Crippen LogP contribution >= 0.6 is 11.6 Å².